The number of amides is 1. The topological polar surface area (TPSA) is 42.0 Å². The third-order valence-electron chi connectivity index (χ3n) is 3.79. The molecule has 1 N–H and O–H groups in total. The van der Waals surface area contributed by atoms with Crippen LogP contribution >= 0.6 is 34.7 Å². The molecule has 0 spiro atoms. The van der Waals surface area contributed by atoms with E-state index in [1.54, 1.807) is 23.1 Å². The van der Waals surface area contributed by atoms with Crippen LogP contribution in [0.2, 0.25) is 5.02 Å². The van der Waals surface area contributed by atoms with Crippen molar-refractivity contribution in [2.75, 3.05) is 0 Å². The Morgan fingerprint density at radius 3 is 2.73 bits per heavy atom. The van der Waals surface area contributed by atoms with Crippen molar-refractivity contribution in [3.63, 3.8) is 0 Å². The standard InChI is InChI=1S/C20H19ClN2OS2/c1-14-6-8-15(9-7-14)12-25-20-23-17(13-26-20)10-19(24)22-11-16-4-2-3-5-18(16)21/h2-9,13H,10-12H2,1H3,(H,22,24). The van der Waals surface area contributed by atoms with E-state index < -0.39 is 0 Å². The predicted octanol–water partition coefficient (Wildman–Crippen LogP) is 5.26. The van der Waals surface area contributed by atoms with Crippen molar-refractivity contribution < 1.29 is 4.79 Å². The molecule has 0 aliphatic heterocycles. The number of nitrogens with one attached hydrogen (secondary N) is 1. The molecule has 3 nitrogen and oxygen atoms in total. The first-order valence-corrected chi connectivity index (χ1v) is 10.5. The third-order valence-corrected chi connectivity index (χ3v) is 6.30. The quantitative estimate of drug-likeness (QED) is 0.548. The SMILES string of the molecule is Cc1ccc(CSc2nc(CC(=O)NCc3ccccc3Cl)cs2)cc1. The summed E-state index contributed by atoms with van der Waals surface area (Å²) in [4.78, 5) is 16.7. The van der Waals surface area contributed by atoms with Gasteiger partial charge in [0.15, 0.2) is 0 Å². The molecule has 3 aromatic rings. The van der Waals surface area contributed by atoms with E-state index in [0.29, 0.717) is 11.6 Å². The molecular weight excluding hydrogens is 384 g/mol. The van der Waals surface area contributed by atoms with Crippen LogP contribution in [0.4, 0.5) is 0 Å². The van der Waals surface area contributed by atoms with Gasteiger partial charge >= 0.3 is 0 Å². The van der Waals surface area contributed by atoms with Gasteiger partial charge in [-0.2, -0.15) is 0 Å². The van der Waals surface area contributed by atoms with Crippen molar-refractivity contribution >= 4 is 40.6 Å². The fraction of sp³-hybridized carbons (Fsp3) is 0.200. The average Bonchev–Trinajstić information content (AvgIpc) is 3.08. The van der Waals surface area contributed by atoms with Gasteiger partial charge in [0.25, 0.3) is 0 Å². The Kier molecular flexibility index (Phi) is 6.72. The maximum Gasteiger partial charge on any atom is 0.226 e. The first kappa shape index (κ1) is 19.0. The van der Waals surface area contributed by atoms with E-state index in [1.807, 2.05) is 29.6 Å². The molecule has 1 heterocycles. The van der Waals surface area contributed by atoms with Gasteiger partial charge in [0.1, 0.15) is 4.34 Å². The molecule has 1 aromatic heterocycles. The number of carbonyl (C=O) groups is 1. The molecule has 0 aliphatic carbocycles. The summed E-state index contributed by atoms with van der Waals surface area (Å²) in [7, 11) is 0. The first-order valence-electron chi connectivity index (χ1n) is 8.23. The number of rotatable bonds is 7. The Labute approximate surface area is 166 Å². The Morgan fingerprint density at radius 2 is 1.96 bits per heavy atom. The molecule has 0 saturated heterocycles. The van der Waals surface area contributed by atoms with E-state index >= 15 is 0 Å². The summed E-state index contributed by atoms with van der Waals surface area (Å²) in [5.74, 6) is 0.830. The zero-order valence-electron chi connectivity index (χ0n) is 14.4. The molecule has 0 radical (unpaired) electrons. The van der Waals surface area contributed by atoms with Crippen LogP contribution in [-0.2, 0) is 23.5 Å². The van der Waals surface area contributed by atoms with Crippen molar-refractivity contribution in [2.45, 2.75) is 30.0 Å². The maximum atomic E-state index is 12.1. The van der Waals surface area contributed by atoms with Gasteiger partial charge in [-0.3, -0.25) is 4.79 Å². The molecule has 1 amide bonds. The van der Waals surface area contributed by atoms with Crippen LogP contribution < -0.4 is 5.32 Å². The number of hydrogen-bond donors (Lipinski definition) is 1. The Bertz CT molecular complexity index is 878. The van der Waals surface area contributed by atoms with Crippen LogP contribution in [0, 0.1) is 6.92 Å². The normalized spacial score (nSPS) is 10.7. The van der Waals surface area contributed by atoms with E-state index in [-0.39, 0.29) is 12.3 Å². The molecule has 0 unspecified atom stereocenters. The summed E-state index contributed by atoms with van der Waals surface area (Å²) >= 11 is 9.38. The van der Waals surface area contributed by atoms with Crippen LogP contribution in [-0.4, -0.2) is 10.9 Å². The van der Waals surface area contributed by atoms with Gasteiger partial charge in [0, 0.05) is 22.7 Å². The summed E-state index contributed by atoms with van der Waals surface area (Å²) < 4.78 is 0.986. The van der Waals surface area contributed by atoms with Crippen LogP contribution in [0.5, 0.6) is 0 Å². The molecule has 26 heavy (non-hydrogen) atoms. The van der Waals surface area contributed by atoms with Crippen molar-refractivity contribution in [3.05, 3.63) is 81.3 Å². The summed E-state index contributed by atoms with van der Waals surface area (Å²) in [5.41, 5.74) is 4.25. The number of thiazole rings is 1. The number of aromatic nitrogens is 1. The molecule has 0 saturated carbocycles. The van der Waals surface area contributed by atoms with Crippen LogP contribution in [0.25, 0.3) is 0 Å². The van der Waals surface area contributed by atoms with Crippen molar-refractivity contribution in [2.24, 2.45) is 0 Å². The summed E-state index contributed by atoms with van der Waals surface area (Å²) in [6.45, 7) is 2.51. The number of nitrogens with zero attached hydrogens (tertiary/aromatic N) is 1. The van der Waals surface area contributed by atoms with E-state index in [2.05, 4.69) is 41.5 Å². The number of thioether (sulfide) groups is 1. The lowest BCUT2D eigenvalue weighted by Gasteiger charge is -2.06. The Balaban J connectivity index is 1.47. The van der Waals surface area contributed by atoms with E-state index in [0.717, 1.165) is 21.3 Å². The van der Waals surface area contributed by atoms with Crippen molar-refractivity contribution in [1.29, 1.82) is 0 Å². The molecule has 2 aromatic carbocycles. The van der Waals surface area contributed by atoms with Crippen LogP contribution in [0.3, 0.4) is 0 Å². The maximum absolute atomic E-state index is 12.1. The zero-order chi connectivity index (χ0) is 18.4. The fourth-order valence-corrected chi connectivity index (χ4v) is 4.33. The summed E-state index contributed by atoms with van der Waals surface area (Å²) in [5, 5.41) is 5.51. The molecule has 134 valence electrons. The molecule has 0 aliphatic rings. The summed E-state index contributed by atoms with van der Waals surface area (Å²) in [6, 6.07) is 16.0. The molecule has 6 heteroatoms. The molecular formula is C20H19ClN2OS2. The first-order chi connectivity index (χ1) is 12.6. The fourth-order valence-electron chi connectivity index (χ4n) is 2.33. The summed E-state index contributed by atoms with van der Waals surface area (Å²) in [6.07, 6.45) is 0.284. The number of aryl methyl sites for hydroxylation is 1. The highest BCUT2D eigenvalue weighted by atomic mass is 35.5. The lowest BCUT2D eigenvalue weighted by atomic mass is 10.2. The number of benzene rings is 2. The molecule has 0 bridgehead atoms. The highest BCUT2D eigenvalue weighted by Crippen LogP contribution is 2.26. The van der Waals surface area contributed by atoms with Gasteiger partial charge in [-0.15, -0.1) is 11.3 Å². The van der Waals surface area contributed by atoms with Crippen molar-refractivity contribution in [1.82, 2.24) is 10.3 Å². The second-order valence-electron chi connectivity index (χ2n) is 5.92. The average molecular weight is 403 g/mol. The minimum absolute atomic E-state index is 0.0506. The monoisotopic (exact) mass is 402 g/mol. The van der Waals surface area contributed by atoms with Crippen LogP contribution in [0.1, 0.15) is 22.4 Å². The number of hydrogen-bond acceptors (Lipinski definition) is 4. The Hall–Kier alpha value is -1.82. The lowest BCUT2D eigenvalue weighted by Crippen LogP contribution is -2.24. The van der Waals surface area contributed by atoms with Gasteiger partial charge in [-0.05, 0) is 24.1 Å². The van der Waals surface area contributed by atoms with Gasteiger partial charge in [-0.25, -0.2) is 4.98 Å². The minimum Gasteiger partial charge on any atom is -0.352 e. The second-order valence-corrected chi connectivity index (χ2v) is 8.41. The van der Waals surface area contributed by atoms with Gasteiger partial charge in [0.05, 0.1) is 12.1 Å². The van der Waals surface area contributed by atoms with E-state index in [9.17, 15) is 4.79 Å². The van der Waals surface area contributed by atoms with Gasteiger partial charge < -0.3 is 5.32 Å². The van der Waals surface area contributed by atoms with E-state index in [4.69, 9.17) is 11.6 Å². The predicted molar refractivity (Wildman–Crippen MR) is 110 cm³/mol. The number of carbonyl (C=O) groups excluding carboxylic acids is 1. The highest BCUT2D eigenvalue weighted by Gasteiger charge is 2.09. The van der Waals surface area contributed by atoms with Crippen molar-refractivity contribution in [3.8, 4) is 0 Å². The highest BCUT2D eigenvalue weighted by molar-refractivity contribution is 8.00. The minimum atomic E-state index is -0.0506. The second kappa shape index (κ2) is 9.21. The van der Waals surface area contributed by atoms with Crippen LogP contribution in [0.15, 0.2) is 58.3 Å². The Morgan fingerprint density at radius 1 is 1.19 bits per heavy atom. The lowest BCUT2D eigenvalue weighted by molar-refractivity contribution is -0.120. The smallest absolute Gasteiger partial charge is 0.226 e. The molecule has 3 rings (SSSR count). The molecule has 0 atom stereocenters. The third kappa shape index (κ3) is 5.59. The van der Waals surface area contributed by atoms with E-state index in [1.165, 1.54) is 11.1 Å². The van der Waals surface area contributed by atoms with Gasteiger partial charge in [-0.1, -0.05) is 71.4 Å². The zero-order valence-corrected chi connectivity index (χ0v) is 16.8. The number of halogens is 1. The van der Waals surface area contributed by atoms with Gasteiger partial charge in [0.2, 0.25) is 5.91 Å². The molecule has 0 fully saturated rings. The largest absolute Gasteiger partial charge is 0.352 e.